The van der Waals surface area contributed by atoms with Gasteiger partial charge in [-0.25, -0.2) is 9.59 Å². The van der Waals surface area contributed by atoms with E-state index in [1.807, 2.05) is 46.8 Å². The van der Waals surface area contributed by atoms with Crippen molar-refractivity contribution in [2.24, 2.45) is 10.8 Å². The van der Waals surface area contributed by atoms with Crippen molar-refractivity contribution in [2.75, 3.05) is 26.2 Å². The largest absolute Gasteiger partial charge is 0.493 e. The molecular weight excluding hydrogens is 514 g/mol. The first-order chi connectivity index (χ1) is 18.6. The van der Waals surface area contributed by atoms with Gasteiger partial charge in [0.1, 0.15) is 16.9 Å². The van der Waals surface area contributed by atoms with E-state index in [1.165, 1.54) is 6.07 Å². The predicted octanol–water partition coefficient (Wildman–Crippen LogP) is 4.46. The van der Waals surface area contributed by atoms with Gasteiger partial charge in [0.05, 0.1) is 6.61 Å². The predicted molar refractivity (Wildman–Crippen MR) is 154 cm³/mol. The minimum absolute atomic E-state index is 0.120. The maximum absolute atomic E-state index is 13.1. The highest BCUT2D eigenvalue weighted by atomic mass is 16.6. The highest BCUT2D eigenvalue weighted by molar-refractivity contribution is 5.86. The van der Waals surface area contributed by atoms with Crippen LogP contribution in [-0.2, 0) is 14.3 Å². The molecule has 2 aromatic rings. The summed E-state index contributed by atoms with van der Waals surface area (Å²) in [4.78, 5) is 49.4. The third kappa shape index (κ3) is 9.88. The molecule has 40 heavy (non-hydrogen) atoms. The minimum atomic E-state index is -0.805. The second kappa shape index (κ2) is 13.7. The molecule has 3 N–H and O–H groups in total. The van der Waals surface area contributed by atoms with Crippen LogP contribution in [0.1, 0.15) is 73.3 Å². The number of rotatable bonds is 13. The fourth-order valence-electron chi connectivity index (χ4n) is 4.39. The van der Waals surface area contributed by atoms with Gasteiger partial charge < -0.3 is 29.8 Å². The summed E-state index contributed by atoms with van der Waals surface area (Å²) in [5, 5.41) is 9.28. The molecule has 2 rings (SSSR count). The first-order valence-electron chi connectivity index (χ1n) is 13.8. The average Bonchev–Trinajstić information content (AvgIpc) is 2.84. The summed E-state index contributed by atoms with van der Waals surface area (Å²) in [6, 6.07) is 6.82. The molecule has 1 atom stereocenters. The second-order valence-corrected chi connectivity index (χ2v) is 12.0. The molecule has 1 aromatic carbocycles. The van der Waals surface area contributed by atoms with Gasteiger partial charge in [0.2, 0.25) is 11.8 Å². The summed E-state index contributed by atoms with van der Waals surface area (Å²) in [6.07, 6.45) is 0.956. The molecule has 0 spiro atoms. The van der Waals surface area contributed by atoms with Crippen molar-refractivity contribution in [3.8, 4) is 5.75 Å². The number of hydrogen-bond donors (Lipinski definition) is 3. The summed E-state index contributed by atoms with van der Waals surface area (Å²) < 4.78 is 16.2. The molecule has 0 aliphatic rings. The Hall–Kier alpha value is -3.56. The van der Waals surface area contributed by atoms with E-state index in [0.717, 1.165) is 10.9 Å². The van der Waals surface area contributed by atoms with Crippen LogP contribution in [-0.4, -0.2) is 49.7 Å². The molecule has 10 heteroatoms. The summed E-state index contributed by atoms with van der Waals surface area (Å²) in [5.41, 5.74) is -1.23. The van der Waals surface area contributed by atoms with Gasteiger partial charge in [0.25, 0.3) is 0 Å². The molecule has 0 radical (unpaired) electrons. The van der Waals surface area contributed by atoms with Crippen molar-refractivity contribution in [3.63, 3.8) is 0 Å². The maximum atomic E-state index is 13.1. The Balaban J connectivity index is 1.79. The van der Waals surface area contributed by atoms with Gasteiger partial charge in [-0.3, -0.25) is 9.59 Å². The smallest absolute Gasteiger partial charge is 0.407 e. The lowest BCUT2D eigenvalue weighted by atomic mass is 9.71. The molecular formula is C30H45N3O7. The average molecular weight is 560 g/mol. The number of fused-ring (bicyclic) bond motifs is 1. The van der Waals surface area contributed by atoms with E-state index in [2.05, 4.69) is 16.0 Å². The summed E-state index contributed by atoms with van der Waals surface area (Å²) in [5.74, 6) is 0.270. The zero-order chi connectivity index (χ0) is 30.1. The van der Waals surface area contributed by atoms with Crippen molar-refractivity contribution in [1.82, 2.24) is 16.0 Å². The van der Waals surface area contributed by atoms with Crippen LogP contribution in [0.5, 0.6) is 5.75 Å². The first-order valence-corrected chi connectivity index (χ1v) is 13.8. The van der Waals surface area contributed by atoms with Crippen molar-refractivity contribution >= 4 is 28.9 Å². The van der Waals surface area contributed by atoms with Crippen LogP contribution in [0.2, 0.25) is 0 Å². The molecule has 0 fully saturated rings. The summed E-state index contributed by atoms with van der Waals surface area (Å²) >= 11 is 0. The van der Waals surface area contributed by atoms with Gasteiger partial charge >= 0.3 is 11.7 Å². The van der Waals surface area contributed by atoms with Crippen LogP contribution < -0.4 is 26.3 Å². The molecule has 0 aliphatic heterocycles. The van der Waals surface area contributed by atoms with Gasteiger partial charge in [-0.1, -0.05) is 27.7 Å². The monoisotopic (exact) mass is 559 g/mol. The molecule has 0 aliphatic carbocycles. The molecule has 10 nitrogen and oxygen atoms in total. The number of carbonyl (C=O) groups is 3. The van der Waals surface area contributed by atoms with Crippen LogP contribution in [0.4, 0.5) is 4.79 Å². The van der Waals surface area contributed by atoms with Crippen molar-refractivity contribution in [3.05, 3.63) is 40.2 Å². The maximum Gasteiger partial charge on any atom is 0.407 e. The van der Waals surface area contributed by atoms with E-state index in [0.29, 0.717) is 43.7 Å². The molecule has 0 bridgehead atoms. The summed E-state index contributed by atoms with van der Waals surface area (Å²) in [6.45, 7) is 15.9. The van der Waals surface area contributed by atoms with Gasteiger partial charge in [-0.05, 0) is 64.7 Å². The van der Waals surface area contributed by atoms with Crippen LogP contribution in [0, 0.1) is 17.8 Å². The Morgan fingerprint density at radius 2 is 1.55 bits per heavy atom. The van der Waals surface area contributed by atoms with Gasteiger partial charge in [-0.15, -0.1) is 0 Å². The third-order valence-electron chi connectivity index (χ3n) is 6.65. The molecule has 1 unspecified atom stereocenters. The van der Waals surface area contributed by atoms with Crippen LogP contribution in [0.25, 0.3) is 11.0 Å². The Labute approximate surface area is 236 Å². The number of amides is 3. The molecule has 0 saturated carbocycles. The number of hydrogen-bond acceptors (Lipinski definition) is 7. The number of alkyl carbamates (subject to hydrolysis) is 1. The topological polar surface area (TPSA) is 136 Å². The van der Waals surface area contributed by atoms with E-state index < -0.39 is 28.1 Å². The highest BCUT2D eigenvalue weighted by Gasteiger charge is 2.40. The zero-order valence-corrected chi connectivity index (χ0v) is 25.1. The fraction of sp³-hybridized carbons (Fsp3) is 0.600. The van der Waals surface area contributed by atoms with Gasteiger partial charge in [-0.2, -0.15) is 0 Å². The number of nitrogens with one attached hydrogen (secondary N) is 3. The molecule has 1 heterocycles. The lowest BCUT2D eigenvalue weighted by molar-refractivity contribution is -0.136. The van der Waals surface area contributed by atoms with Gasteiger partial charge in [0, 0.05) is 48.0 Å². The number of benzene rings is 1. The number of carbonyl (C=O) groups excluding carboxylic acids is 3. The number of ether oxygens (including phenoxy) is 2. The quantitative estimate of drug-likeness (QED) is 0.243. The molecule has 222 valence electrons. The molecule has 0 saturated heterocycles. The Bertz CT molecular complexity index is 1250. The van der Waals surface area contributed by atoms with E-state index in [-0.39, 0.29) is 24.9 Å². The lowest BCUT2D eigenvalue weighted by Crippen LogP contribution is -2.47. The van der Waals surface area contributed by atoms with Crippen molar-refractivity contribution < 1.29 is 28.3 Å². The standard InChI is InChI=1S/C30H45N3O7/c1-9-30(8,19-29(6,7)25(35)32-14-15-33-27(37)40-28(3,4)5)26(36)31-13-10-16-38-21-11-12-22-20(2)17-24(34)39-23(22)18-21/h11-12,17-18H,9-10,13-16,19H2,1-8H3,(H,31,36)(H,32,35)(H,33,37). The molecule has 3 amide bonds. The molecule has 1 aromatic heterocycles. The van der Waals surface area contributed by atoms with Crippen LogP contribution in [0.15, 0.2) is 33.5 Å². The SMILES string of the molecule is CCC(C)(CC(C)(C)C(=O)NCCNC(=O)OC(C)(C)C)C(=O)NCCCOc1ccc2c(C)cc(=O)oc2c1. The third-order valence-corrected chi connectivity index (χ3v) is 6.65. The second-order valence-electron chi connectivity index (χ2n) is 12.0. The normalized spacial score (nSPS) is 13.3. The van der Waals surface area contributed by atoms with E-state index >= 15 is 0 Å². The van der Waals surface area contributed by atoms with E-state index in [4.69, 9.17) is 13.9 Å². The highest BCUT2D eigenvalue weighted by Crippen LogP contribution is 2.37. The van der Waals surface area contributed by atoms with Crippen molar-refractivity contribution in [2.45, 2.75) is 80.3 Å². The van der Waals surface area contributed by atoms with Crippen molar-refractivity contribution in [1.29, 1.82) is 0 Å². The number of aryl methyl sites for hydroxylation is 1. The van der Waals surface area contributed by atoms with Gasteiger partial charge in [0.15, 0.2) is 0 Å². The summed E-state index contributed by atoms with van der Waals surface area (Å²) in [7, 11) is 0. The van der Waals surface area contributed by atoms with Crippen LogP contribution >= 0.6 is 0 Å². The van der Waals surface area contributed by atoms with E-state index in [1.54, 1.807) is 26.8 Å². The minimum Gasteiger partial charge on any atom is -0.493 e. The lowest BCUT2D eigenvalue weighted by Gasteiger charge is -2.35. The Morgan fingerprint density at radius 1 is 0.900 bits per heavy atom. The zero-order valence-electron chi connectivity index (χ0n) is 25.1. The van der Waals surface area contributed by atoms with E-state index in [9.17, 15) is 19.2 Å². The Morgan fingerprint density at radius 3 is 2.20 bits per heavy atom. The van der Waals surface area contributed by atoms with Crippen LogP contribution in [0.3, 0.4) is 0 Å². The Kier molecular flexibility index (Phi) is 11.2. The first kappa shape index (κ1) is 32.7. The fourth-order valence-corrected chi connectivity index (χ4v) is 4.39.